The van der Waals surface area contributed by atoms with Crippen molar-refractivity contribution in [2.75, 3.05) is 32.7 Å². The largest absolute Gasteiger partial charge is 0.497 e. The molecule has 2 N–H and O–H groups in total. The summed E-state index contributed by atoms with van der Waals surface area (Å²) in [5.74, 6) is 1.29. The molecule has 2 aromatic rings. The van der Waals surface area contributed by atoms with Crippen LogP contribution in [0.3, 0.4) is 0 Å². The van der Waals surface area contributed by atoms with Crippen LogP contribution in [0.15, 0.2) is 42.5 Å². The fourth-order valence-electron chi connectivity index (χ4n) is 2.35. The fourth-order valence-corrected chi connectivity index (χ4v) is 2.35. The van der Waals surface area contributed by atoms with Crippen molar-refractivity contribution in [3.63, 3.8) is 0 Å². The number of hydrogen-bond acceptors (Lipinski definition) is 5. The van der Waals surface area contributed by atoms with E-state index < -0.39 is 0 Å². The molecule has 2 amide bonds. The van der Waals surface area contributed by atoms with Gasteiger partial charge in [0.05, 0.1) is 20.8 Å². The molecule has 2 aromatic carbocycles. The van der Waals surface area contributed by atoms with Crippen LogP contribution in [-0.4, -0.2) is 39.2 Å². The first kappa shape index (κ1) is 20.1. The third-order valence-corrected chi connectivity index (χ3v) is 3.70. The Kier molecular flexibility index (Phi) is 7.49. The maximum atomic E-state index is 12.3. The Labute approximate surface area is 158 Å². The number of rotatable bonds is 9. The quantitative estimate of drug-likeness (QED) is 0.707. The zero-order valence-electron chi connectivity index (χ0n) is 15.7. The molecule has 7 nitrogen and oxygen atoms in total. The van der Waals surface area contributed by atoms with Gasteiger partial charge in [0.25, 0.3) is 5.91 Å². The molecule has 0 saturated carbocycles. The van der Waals surface area contributed by atoms with Gasteiger partial charge < -0.3 is 24.8 Å². The Bertz CT molecular complexity index is 752. The average molecular weight is 372 g/mol. The summed E-state index contributed by atoms with van der Waals surface area (Å²) in [6.07, 6.45) is 0.153. The van der Waals surface area contributed by atoms with Crippen LogP contribution in [0.25, 0.3) is 0 Å². The van der Waals surface area contributed by atoms with E-state index in [1.807, 2.05) is 6.92 Å². The number of amides is 2. The molecule has 0 unspecified atom stereocenters. The van der Waals surface area contributed by atoms with Crippen molar-refractivity contribution in [3.05, 3.63) is 48.0 Å². The van der Waals surface area contributed by atoms with Crippen molar-refractivity contribution in [3.8, 4) is 17.2 Å². The van der Waals surface area contributed by atoms with Gasteiger partial charge in [-0.1, -0.05) is 0 Å². The molecule has 0 aromatic heterocycles. The lowest BCUT2D eigenvalue weighted by Crippen LogP contribution is -2.27. The standard InChI is InChI=1S/C20H24N2O5/c1-4-27-16-7-5-15(6-8-16)22-19(23)9-10-21-20(24)14-11-17(25-2)13-18(12-14)26-3/h5-8,11-13H,4,9-10H2,1-3H3,(H,21,24)(H,22,23). The Morgan fingerprint density at radius 2 is 1.56 bits per heavy atom. The second kappa shape index (κ2) is 10.1. The van der Waals surface area contributed by atoms with E-state index in [0.717, 1.165) is 5.75 Å². The summed E-state index contributed by atoms with van der Waals surface area (Å²) < 4.78 is 15.6. The monoisotopic (exact) mass is 372 g/mol. The summed E-state index contributed by atoms with van der Waals surface area (Å²) in [6.45, 7) is 2.71. The van der Waals surface area contributed by atoms with E-state index in [1.54, 1.807) is 42.5 Å². The van der Waals surface area contributed by atoms with Crippen LogP contribution in [-0.2, 0) is 4.79 Å². The van der Waals surface area contributed by atoms with Gasteiger partial charge in [-0.3, -0.25) is 9.59 Å². The lowest BCUT2D eigenvalue weighted by Gasteiger charge is -2.10. The number of anilines is 1. The van der Waals surface area contributed by atoms with Crippen molar-refractivity contribution in [2.24, 2.45) is 0 Å². The Hall–Kier alpha value is -3.22. The predicted molar refractivity (Wildman–Crippen MR) is 103 cm³/mol. The second-order valence-corrected chi connectivity index (χ2v) is 5.61. The van der Waals surface area contributed by atoms with E-state index >= 15 is 0 Å². The van der Waals surface area contributed by atoms with Crippen LogP contribution in [0.4, 0.5) is 5.69 Å². The molecule has 0 atom stereocenters. The topological polar surface area (TPSA) is 85.9 Å². The molecule has 0 bridgehead atoms. The highest BCUT2D eigenvalue weighted by molar-refractivity contribution is 5.96. The van der Waals surface area contributed by atoms with E-state index in [0.29, 0.717) is 29.4 Å². The highest BCUT2D eigenvalue weighted by Gasteiger charge is 2.10. The second-order valence-electron chi connectivity index (χ2n) is 5.61. The number of benzene rings is 2. The van der Waals surface area contributed by atoms with Crippen LogP contribution in [0, 0.1) is 0 Å². The zero-order valence-corrected chi connectivity index (χ0v) is 15.7. The Balaban J connectivity index is 1.83. The van der Waals surface area contributed by atoms with Crippen molar-refractivity contribution < 1.29 is 23.8 Å². The van der Waals surface area contributed by atoms with Crippen molar-refractivity contribution in [1.82, 2.24) is 5.32 Å². The number of carbonyl (C=O) groups is 2. The van der Waals surface area contributed by atoms with Gasteiger partial charge in [0.2, 0.25) is 5.91 Å². The summed E-state index contributed by atoms with van der Waals surface area (Å²) in [5, 5.41) is 5.49. The first-order chi connectivity index (χ1) is 13.0. The van der Waals surface area contributed by atoms with E-state index in [2.05, 4.69) is 10.6 Å². The molecule has 2 rings (SSSR count). The maximum absolute atomic E-state index is 12.3. The molecule has 144 valence electrons. The van der Waals surface area contributed by atoms with Gasteiger partial charge in [0, 0.05) is 30.3 Å². The molecule has 7 heteroatoms. The summed E-state index contributed by atoms with van der Waals surface area (Å²) >= 11 is 0. The minimum Gasteiger partial charge on any atom is -0.497 e. The fraction of sp³-hybridized carbons (Fsp3) is 0.300. The summed E-state index contributed by atoms with van der Waals surface area (Å²) in [7, 11) is 3.03. The van der Waals surface area contributed by atoms with Gasteiger partial charge in [0.15, 0.2) is 0 Å². The van der Waals surface area contributed by atoms with Gasteiger partial charge in [-0.15, -0.1) is 0 Å². The highest BCUT2D eigenvalue weighted by atomic mass is 16.5. The van der Waals surface area contributed by atoms with E-state index in [1.165, 1.54) is 14.2 Å². The van der Waals surface area contributed by atoms with Gasteiger partial charge in [0.1, 0.15) is 17.2 Å². The molecule has 0 spiro atoms. The number of hydrogen-bond donors (Lipinski definition) is 2. The first-order valence-corrected chi connectivity index (χ1v) is 8.59. The molecule has 0 aliphatic heterocycles. The molecule has 0 saturated heterocycles. The van der Waals surface area contributed by atoms with Gasteiger partial charge in [-0.2, -0.15) is 0 Å². The average Bonchev–Trinajstić information content (AvgIpc) is 2.69. The third-order valence-electron chi connectivity index (χ3n) is 3.70. The smallest absolute Gasteiger partial charge is 0.251 e. The van der Waals surface area contributed by atoms with Crippen molar-refractivity contribution >= 4 is 17.5 Å². The van der Waals surface area contributed by atoms with Crippen LogP contribution >= 0.6 is 0 Å². The van der Waals surface area contributed by atoms with Crippen LogP contribution in [0.2, 0.25) is 0 Å². The summed E-state index contributed by atoms with van der Waals surface area (Å²) in [5.41, 5.74) is 1.07. The van der Waals surface area contributed by atoms with E-state index in [9.17, 15) is 9.59 Å². The first-order valence-electron chi connectivity index (χ1n) is 8.59. The minimum absolute atomic E-state index is 0.153. The molecule has 0 aliphatic carbocycles. The lowest BCUT2D eigenvalue weighted by atomic mass is 10.2. The highest BCUT2D eigenvalue weighted by Crippen LogP contribution is 2.22. The minimum atomic E-state index is -0.305. The van der Waals surface area contributed by atoms with E-state index in [-0.39, 0.29) is 24.8 Å². The maximum Gasteiger partial charge on any atom is 0.251 e. The summed E-state index contributed by atoms with van der Waals surface area (Å²) in [6, 6.07) is 12.0. The van der Waals surface area contributed by atoms with Crippen LogP contribution in [0.1, 0.15) is 23.7 Å². The molecule has 0 fully saturated rings. The third kappa shape index (κ3) is 6.22. The number of ether oxygens (including phenoxy) is 3. The lowest BCUT2D eigenvalue weighted by molar-refractivity contribution is -0.116. The molecule has 0 radical (unpaired) electrons. The van der Waals surface area contributed by atoms with Gasteiger partial charge in [-0.25, -0.2) is 0 Å². The predicted octanol–water partition coefficient (Wildman–Crippen LogP) is 2.86. The molecular weight excluding hydrogens is 348 g/mol. The molecular formula is C20H24N2O5. The van der Waals surface area contributed by atoms with Crippen molar-refractivity contribution in [1.29, 1.82) is 0 Å². The van der Waals surface area contributed by atoms with Crippen LogP contribution < -0.4 is 24.8 Å². The molecule has 0 aliphatic rings. The molecule has 27 heavy (non-hydrogen) atoms. The van der Waals surface area contributed by atoms with Crippen molar-refractivity contribution in [2.45, 2.75) is 13.3 Å². The van der Waals surface area contributed by atoms with Gasteiger partial charge in [-0.05, 0) is 43.3 Å². The summed E-state index contributed by atoms with van der Waals surface area (Å²) in [4.78, 5) is 24.3. The number of carbonyl (C=O) groups excluding carboxylic acids is 2. The Morgan fingerprint density at radius 1 is 0.926 bits per heavy atom. The van der Waals surface area contributed by atoms with E-state index in [4.69, 9.17) is 14.2 Å². The normalized spacial score (nSPS) is 10.0. The zero-order chi connectivity index (χ0) is 19.6. The van der Waals surface area contributed by atoms with Crippen LogP contribution in [0.5, 0.6) is 17.2 Å². The number of nitrogens with one attached hydrogen (secondary N) is 2. The molecule has 0 heterocycles. The SMILES string of the molecule is CCOc1ccc(NC(=O)CCNC(=O)c2cc(OC)cc(OC)c2)cc1. The van der Waals surface area contributed by atoms with Gasteiger partial charge >= 0.3 is 0 Å². The number of methoxy groups -OCH3 is 2. The Morgan fingerprint density at radius 3 is 2.11 bits per heavy atom.